The van der Waals surface area contributed by atoms with Gasteiger partial charge in [-0.2, -0.15) is 0 Å². The lowest BCUT2D eigenvalue weighted by atomic mass is 10.2. The van der Waals surface area contributed by atoms with E-state index < -0.39 is 0 Å². The van der Waals surface area contributed by atoms with E-state index in [0.717, 1.165) is 16.6 Å². The van der Waals surface area contributed by atoms with Crippen molar-refractivity contribution in [3.8, 4) is 0 Å². The highest BCUT2D eigenvalue weighted by atomic mass is 16.1. The minimum absolute atomic E-state index is 0.246. The SMILES string of the molecule is O=C(Nc1ccccc1)c1cnc(Nc2cccc3cccnc23)cn1. The Bertz CT molecular complexity index is 1040. The van der Waals surface area contributed by atoms with Crippen LogP contribution in [0, 0.1) is 0 Å². The van der Waals surface area contributed by atoms with Crippen molar-refractivity contribution in [3.63, 3.8) is 0 Å². The molecule has 126 valence electrons. The molecule has 0 atom stereocenters. The number of pyridine rings is 1. The summed E-state index contributed by atoms with van der Waals surface area (Å²) in [6.45, 7) is 0. The van der Waals surface area contributed by atoms with Gasteiger partial charge in [-0.3, -0.25) is 9.78 Å². The lowest BCUT2D eigenvalue weighted by molar-refractivity contribution is 0.102. The Hall–Kier alpha value is -3.80. The molecule has 6 nitrogen and oxygen atoms in total. The first-order valence-electron chi connectivity index (χ1n) is 8.09. The summed E-state index contributed by atoms with van der Waals surface area (Å²) >= 11 is 0. The van der Waals surface area contributed by atoms with E-state index in [9.17, 15) is 4.79 Å². The summed E-state index contributed by atoms with van der Waals surface area (Å²) in [6, 6.07) is 19.0. The van der Waals surface area contributed by atoms with Gasteiger partial charge in [-0.1, -0.05) is 36.4 Å². The Morgan fingerprint density at radius 1 is 0.808 bits per heavy atom. The molecule has 0 saturated heterocycles. The van der Waals surface area contributed by atoms with Gasteiger partial charge in [0.15, 0.2) is 0 Å². The number of hydrogen-bond donors (Lipinski definition) is 2. The molecule has 0 aliphatic heterocycles. The molecule has 4 aromatic rings. The predicted octanol–water partition coefficient (Wildman–Crippen LogP) is 4.02. The van der Waals surface area contributed by atoms with Crippen molar-refractivity contribution >= 4 is 34.0 Å². The van der Waals surface area contributed by atoms with E-state index in [1.165, 1.54) is 12.4 Å². The zero-order chi connectivity index (χ0) is 17.8. The molecule has 4 rings (SSSR count). The highest BCUT2D eigenvalue weighted by molar-refractivity contribution is 6.02. The van der Waals surface area contributed by atoms with Crippen LogP contribution in [0.3, 0.4) is 0 Å². The van der Waals surface area contributed by atoms with Gasteiger partial charge in [0.05, 0.1) is 23.6 Å². The number of nitrogens with zero attached hydrogens (tertiary/aromatic N) is 3. The predicted molar refractivity (Wildman–Crippen MR) is 101 cm³/mol. The van der Waals surface area contributed by atoms with Gasteiger partial charge in [-0.05, 0) is 24.3 Å². The van der Waals surface area contributed by atoms with Crippen molar-refractivity contribution in [2.45, 2.75) is 0 Å². The van der Waals surface area contributed by atoms with Crippen molar-refractivity contribution in [1.82, 2.24) is 15.0 Å². The maximum Gasteiger partial charge on any atom is 0.275 e. The van der Waals surface area contributed by atoms with Gasteiger partial charge in [0.25, 0.3) is 5.91 Å². The Morgan fingerprint density at radius 3 is 2.46 bits per heavy atom. The number of para-hydroxylation sites is 2. The molecule has 1 amide bonds. The number of hydrogen-bond acceptors (Lipinski definition) is 5. The summed E-state index contributed by atoms with van der Waals surface area (Å²) in [7, 11) is 0. The van der Waals surface area contributed by atoms with E-state index in [0.29, 0.717) is 11.5 Å². The van der Waals surface area contributed by atoms with Gasteiger partial charge < -0.3 is 10.6 Å². The van der Waals surface area contributed by atoms with Crippen LogP contribution in [0.25, 0.3) is 10.9 Å². The summed E-state index contributed by atoms with van der Waals surface area (Å²) in [5, 5.41) is 7.01. The molecule has 26 heavy (non-hydrogen) atoms. The minimum atomic E-state index is -0.304. The molecule has 0 aliphatic carbocycles. The van der Waals surface area contributed by atoms with Gasteiger partial charge in [0, 0.05) is 17.3 Å². The van der Waals surface area contributed by atoms with Crippen molar-refractivity contribution < 1.29 is 4.79 Å². The summed E-state index contributed by atoms with van der Waals surface area (Å²) in [5.74, 6) is 0.237. The van der Waals surface area contributed by atoms with Crippen molar-refractivity contribution in [2.75, 3.05) is 10.6 Å². The third-order valence-electron chi connectivity index (χ3n) is 3.81. The number of nitrogens with one attached hydrogen (secondary N) is 2. The smallest absolute Gasteiger partial charge is 0.275 e. The average Bonchev–Trinajstić information content (AvgIpc) is 2.70. The first kappa shape index (κ1) is 15.7. The Balaban J connectivity index is 1.51. The summed E-state index contributed by atoms with van der Waals surface area (Å²) in [6.07, 6.45) is 4.72. The van der Waals surface area contributed by atoms with E-state index in [1.807, 2.05) is 60.7 Å². The minimum Gasteiger partial charge on any atom is -0.337 e. The third kappa shape index (κ3) is 3.34. The largest absolute Gasteiger partial charge is 0.337 e. The summed E-state index contributed by atoms with van der Waals surface area (Å²) in [5.41, 5.74) is 2.64. The Kier molecular flexibility index (Phi) is 4.22. The van der Waals surface area contributed by atoms with Crippen LogP contribution in [-0.2, 0) is 0 Å². The molecule has 0 aliphatic rings. The second kappa shape index (κ2) is 6.98. The molecule has 2 aromatic heterocycles. The van der Waals surface area contributed by atoms with E-state index in [-0.39, 0.29) is 11.6 Å². The summed E-state index contributed by atoms with van der Waals surface area (Å²) in [4.78, 5) is 25.1. The van der Waals surface area contributed by atoms with Gasteiger partial charge in [0.1, 0.15) is 11.5 Å². The highest BCUT2D eigenvalue weighted by Gasteiger charge is 2.09. The zero-order valence-corrected chi connectivity index (χ0v) is 13.8. The monoisotopic (exact) mass is 341 g/mol. The normalized spacial score (nSPS) is 10.5. The van der Waals surface area contributed by atoms with E-state index in [4.69, 9.17) is 0 Å². The fraction of sp³-hybridized carbons (Fsp3) is 0. The van der Waals surface area contributed by atoms with Gasteiger partial charge in [-0.25, -0.2) is 9.97 Å². The van der Waals surface area contributed by atoms with Crippen molar-refractivity contribution in [1.29, 1.82) is 0 Å². The molecule has 6 heteroatoms. The molecule has 2 heterocycles. The van der Waals surface area contributed by atoms with E-state index >= 15 is 0 Å². The van der Waals surface area contributed by atoms with Crippen LogP contribution in [0.1, 0.15) is 10.5 Å². The van der Waals surface area contributed by atoms with Crippen LogP contribution in [0.5, 0.6) is 0 Å². The fourth-order valence-electron chi connectivity index (χ4n) is 2.57. The lowest BCUT2D eigenvalue weighted by Crippen LogP contribution is -2.14. The molecular weight excluding hydrogens is 326 g/mol. The number of amides is 1. The van der Waals surface area contributed by atoms with Crippen LogP contribution in [0.4, 0.5) is 17.2 Å². The molecule has 0 saturated carbocycles. The van der Waals surface area contributed by atoms with Crippen LogP contribution >= 0.6 is 0 Å². The van der Waals surface area contributed by atoms with Crippen LogP contribution < -0.4 is 10.6 Å². The molecule has 2 N–H and O–H groups in total. The number of carbonyl (C=O) groups is 1. The van der Waals surface area contributed by atoms with Gasteiger partial charge in [-0.15, -0.1) is 0 Å². The average molecular weight is 341 g/mol. The first-order chi connectivity index (χ1) is 12.8. The van der Waals surface area contributed by atoms with Crippen LogP contribution in [0.15, 0.2) is 79.3 Å². The molecule has 0 unspecified atom stereocenters. The quantitative estimate of drug-likeness (QED) is 0.586. The second-order valence-electron chi connectivity index (χ2n) is 5.61. The third-order valence-corrected chi connectivity index (χ3v) is 3.81. The first-order valence-corrected chi connectivity index (χ1v) is 8.09. The number of carbonyl (C=O) groups excluding carboxylic acids is 1. The number of anilines is 3. The van der Waals surface area contributed by atoms with Crippen molar-refractivity contribution in [3.05, 3.63) is 84.9 Å². The topological polar surface area (TPSA) is 79.8 Å². The second-order valence-corrected chi connectivity index (χ2v) is 5.61. The molecule has 0 fully saturated rings. The van der Waals surface area contributed by atoms with E-state index in [1.54, 1.807) is 6.20 Å². The van der Waals surface area contributed by atoms with Crippen LogP contribution in [0.2, 0.25) is 0 Å². The number of rotatable bonds is 4. The Morgan fingerprint density at radius 2 is 1.65 bits per heavy atom. The van der Waals surface area contributed by atoms with E-state index in [2.05, 4.69) is 25.6 Å². The molecule has 0 spiro atoms. The van der Waals surface area contributed by atoms with Crippen molar-refractivity contribution in [2.24, 2.45) is 0 Å². The maximum atomic E-state index is 12.2. The molecule has 0 bridgehead atoms. The number of aromatic nitrogens is 3. The maximum absolute atomic E-state index is 12.2. The summed E-state index contributed by atoms with van der Waals surface area (Å²) < 4.78 is 0. The van der Waals surface area contributed by atoms with Crippen LogP contribution in [-0.4, -0.2) is 20.9 Å². The fourth-order valence-corrected chi connectivity index (χ4v) is 2.57. The Labute approximate surface area is 150 Å². The van der Waals surface area contributed by atoms with Gasteiger partial charge >= 0.3 is 0 Å². The molecular formula is C20H15N5O. The molecule has 0 radical (unpaired) electrons. The van der Waals surface area contributed by atoms with Gasteiger partial charge in [0.2, 0.25) is 0 Å². The highest BCUT2D eigenvalue weighted by Crippen LogP contribution is 2.23. The molecule has 2 aromatic carbocycles. The zero-order valence-electron chi connectivity index (χ0n) is 13.8. The lowest BCUT2D eigenvalue weighted by Gasteiger charge is -2.09. The number of benzene rings is 2. The standard InChI is InChI=1S/C20H15N5O/c26-20(24-15-8-2-1-3-9-15)17-12-23-18(13-22-17)25-16-10-4-6-14-7-5-11-21-19(14)16/h1-13H,(H,23,25)(H,24,26). The number of fused-ring (bicyclic) bond motifs is 1.